The molecule has 0 aromatic carbocycles. The lowest BCUT2D eigenvalue weighted by molar-refractivity contribution is -0.326. The Morgan fingerprint density at radius 1 is 0.759 bits per heavy atom. The number of hydrogen-bond donors (Lipinski definition) is 9. The van der Waals surface area contributed by atoms with Gasteiger partial charge >= 0.3 is 5.97 Å². The molecule has 14 nitrogen and oxygen atoms in total. The summed E-state index contributed by atoms with van der Waals surface area (Å²) in [5.41, 5.74) is 0. The van der Waals surface area contributed by atoms with Crippen LogP contribution >= 0.6 is 0 Å². The fourth-order valence-electron chi connectivity index (χ4n) is 2.90. The first kappa shape index (κ1) is 24.3. The highest BCUT2D eigenvalue weighted by Crippen LogP contribution is 2.25. The van der Waals surface area contributed by atoms with Crippen molar-refractivity contribution in [2.24, 2.45) is 0 Å². The quantitative estimate of drug-likeness (QED) is 0.174. The molecule has 0 amide bonds. The summed E-state index contributed by atoms with van der Waals surface area (Å²) < 4.78 is 20.3. The van der Waals surface area contributed by atoms with Crippen LogP contribution in [0.4, 0.5) is 0 Å². The van der Waals surface area contributed by atoms with Gasteiger partial charge in [-0.3, -0.25) is 0 Å². The Hall–Kier alpha value is -1.01. The SMILES string of the molecule is O=C(O)[C@@H](CO[C@H]1O[C@H](CO)[C@@H](O)[C@H](O)[C@H]1O)O[C@H]1O[C@H](CO)[C@@H](O)[C@H](O)[C@@H]1O. The van der Waals surface area contributed by atoms with Gasteiger partial charge in [0.05, 0.1) is 19.8 Å². The first-order chi connectivity index (χ1) is 13.6. The molecule has 2 heterocycles. The smallest absolute Gasteiger partial charge is 0.335 e. The molecule has 0 bridgehead atoms. The number of rotatable bonds is 8. The zero-order chi connectivity index (χ0) is 21.9. The number of carboxylic acids is 1. The molecular formula is C15H26O14. The standard InChI is InChI=1S/C15H26O14/c16-1-4-7(18)9(20)11(22)14(27-4)26-3-6(13(24)25)29-15-12(23)10(21)8(19)5(2-17)28-15/h4-12,14-23H,1-3H2,(H,24,25)/t4-,5-,6-,7-,8-,9+,10+,11-,12+,14+,15-/m1/s1. The average molecular weight is 430 g/mol. The lowest BCUT2D eigenvalue weighted by atomic mass is 9.99. The molecular weight excluding hydrogens is 404 g/mol. The molecule has 0 spiro atoms. The zero-order valence-electron chi connectivity index (χ0n) is 15.0. The molecule has 0 aliphatic carbocycles. The number of hydrogen-bond acceptors (Lipinski definition) is 13. The van der Waals surface area contributed by atoms with E-state index in [9.17, 15) is 40.5 Å². The Labute approximate surface area is 164 Å². The molecule has 0 aromatic heterocycles. The maximum atomic E-state index is 11.4. The number of aliphatic carboxylic acids is 1. The van der Waals surface area contributed by atoms with E-state index < -0.39 is 93.3 Å². The summed E-state index contributed by atoms with van der Waals surface area (Å²) in [5, 5.41) is 86.2. The third-order valence-corrected chi connectivity index (χ3v) is 4.68. The molecule has 14 heteroatoms. The van der Waals surface area contributed by atoms with Crippen molar-refractivity contribution in [1.82, 2.24) is 0 Å². The van der Waals surface area contributed by atoms with Gasteiger partial charge in [-0.25, -0.2) is 4.79 Å². The van der Waals surface area contributed by atoms with Crippen molar-refractivity contribution in [2.75, 3.05) is 19.8 Å². The van der Waals surface area contributed by atoms with Crippen molar-refractivity contribution in [3.05, 3.63) is 0 Å². The van der Waals surface area contributed by atoms with E-state index in [1.165, 1.54) is 0 Å². The lowest BCUT2D eigenvalue weighted by Gasteiger charge is -2.41. The predicted octanol–water partition coefficient (Wildman–Crippen LogP) is -5.93. The van der Waals surface area contributed by atoms with Gasteiger partial charge < -0.3 is 64.9 Å². The van der Waals surface area contributed by atoms with Gasteiger partial charge in [-0.1, -0.05) is 0 Å². The Morgan fingerprint density at radius 2 is 1.21 bits per heavy atom. The van der Waals surface area contributed by atoms with Crippen LogP contribution in [0.3, 0.4) is 0 Å². The highest BCUT2D eigenvalue weighted by molar-refractivity contribution is 5.72. The molecule has 2 aliphatic rings. The topological polar surface area (TPSA) is 236 Å². The van der Waals surface area contributed by atoms with Crippen LogP contribution in [0.25, 0.3) is 0 Å². The van der Waals surface area contributed by atoms with Gasteiger partial charge in [0.2, 0.25) is 0 Å². The fourth-order valence-corrected chi connectivity index (χ4v) is 2.90. The molecule has 2 aliphatic heterocycles. The van der Waals surface area contributed by atoms with Crippen molar-refractivity contribution >= 4 is 5.97 Å². The van der Waals surface area contributed by atoms with Crippen LogP contribution in [0, 0.1) is 0 Å². The number of aliphatic hydroxyl groups excluding tert-OH is 8. The van der Waals surface area contributed by atoms with Crippen molar-refractivity contribution in [2.45, 2.75) is 67.5 Å². The fraction of sp³-hybridized carbons (Fsp3) is 0.933. The summed E-state index contributed by atoms with van der Waals surface area (Å²) in [7, 11) is 0. The molecule has 9 N–H and O–H groups in total. The van der Waals surface area contributed by atoms with Crippen molar-refractivity contribution in [1.29, 1.82) is 0 Å². The van der Waals surface area contributed by atoms with Crippen LogP contribution in [0.1, 0.15) is 0 Å². The van der Waals surface area contributed by atoms with Crippen LogP contribution in [-0.4, -0.2) is 139 Å². The van der Waals surface area contributed by atoms with Crippen molar-refractivity contribution in [3.8, 4) is 0 Å². The molecule has 0 aromatic rings. The van der Waals surface area contributed by atoms with Gasteiger partial charge in [-0.2, -0.15) is 0 Å². The van der Waals surface area contributed by atoms with Gasteiger partial charge in [0, 0.05) is 0 Å². The molecule has 170 valence electrons. The molecule has 11 atom stereocenters. The molecule has 2 fully saturated rings. The lowest BCUT2D eigenvalue weighted by Crippen LogP contribution is -2.61. The van der Waals surface area contributed by atoms with Gasteiger partial charge in [-0.15, -0.1) is 0 Å². The van der Waals surface area contributed by atoms with E-state index in [0.29, 0.717) is 0 Å². The van der Waals surface area contributed by atoms with E-state index in [2.05, 4.69) is 0 Å². The largest absolute Gasteiger partial charge is 0.479 e. The van der Waals surface area contributed by atoms with Crippen molar-refractivity contribution in [3.63, 3.8) is 0 Å². The summed E-state index contributed by atoms with van der Waals surface area (Å²) in [6.07, 6.45) is -18.2. The summed E-state index contributed by atoms with van der Waals surface area (Å²) in [6.45, 7) is -2.26. The second kappa shape index (κ2) is 10.3. The summed E-state index contributed by atoms with van der Waals surface area (Å²) in [5.74, 6) is -1.59. The molecule has 0 radical (unpaired) electrons. The summed E-state index contributed by atoms with van der Waals surface area (Å²) in [4.78, 5) is 11.4. The van der Waals surface area contributed by atoms with Gasteiger partial charge in [0.25, 0.3) is 0 Å². The zero-order valence-corrected chi connectivity index (χ0v) is 15.0. The van der Waals surface area contributed by atoms with Crippen LogP contribution in [0.15, 0.2) is 0 Å². The minimum Gasteiger partial charge on any atom is -0.479 e. The molecule has 2 saturated heterocycles. The first-order valence-electron chi connectivity index (χ1n) is 8.73. The van der Waals surface area contributed by atoms with E-state index in [0.717, 1.165) is 0 Å². The molecule has 0 unspecified atom stereocenters. The number of carbonyl (C=O) groups is 1. The minimum atomic E-state index is -1.85. The van der Waals surface area contributed by atoms with Crippen LogP contribution in [0.2, 0.25) is 0 Å². The number of aliphatic hydroxyl groups is 8. The number of carboxylic acid groups (broad SMARTS) is 1. The normalized spacial score (nSPS) is 44.4. The summed E-state index contributed by atoms with van der Waals surface area (Å²) in [6, 6.07) is 0. The van der Waals surface area contributed by atoms with E-state index in [1.807, 2.05) is 0 Å². The van der Waals surface area contributed by atoms with E-state index >= 15 is 0 Å². The van der Waals surface area contributed by atoms with Crippen LogP contribution < -0.4 is 0 Å². The van der Waals surface area contributed by atoms with E-state index in [-0.39, 0.29) is 0 Å². The maximum absolute atomic E-state index is 11.4. The minimum absolute atomic E-state index is 0.714. The van der Waals surface area contributed by atoms with E-state index in [4.69, 9.17) is 29.2 Å². The third-order valence-electron chi connectivity index (χ3n) is 4.68. The van der Waals surface area contributed by atoms with E-state index in [1.54, 1.807) is 0 Å². The Kier molecular flexibility index (Phi) is 8.65. The summed E-state index contributed by atoms with van der Waals surface area (Å²) >= 11 is 0. The molecule has 0 saturated carbocycles. The first-order valence-corrected chi connectivity index (χ1v) is 8.73. The van der Waals surface area contributed by atoms with Gasteiger partial charge in [0.1, 0.15) is 48.8 Å². The Balaban J connectivity index is 2.00. The van der Waals surface area contributed by atoms with Gasteiger partial charge in [-0.05, 0) is 0 Å². The molecule has 29 heavy (non-hydrogen) atoms. The second-order valence-electron chi connectivity index (χ2n) is 6.69. The average Bonchev–Trinajstić information content (AvgIpc) is 2.70. The second-order valence-corrected chi connectivity index (χ2v) is 6.69. The number of ether oxygens (including phenoxy) is 4. The predicted molar refractivity (Wildman–Crippen MR) is 86.0 cm³/mol. The highest BCUT2D eigenvalue weighted by atomic mass is 16.7. The van der Waals surface area contributed by atoms with Crippen LogP contribution in [-0.2, 0) is 23.7 Å². The third kappa shape index (κ3) is 5.38. The highest BCUT2D eigenvalue weighted by Gasteiger charge is 2.47. The molecule has 2 rings (SSSR count). The Bertz CT molecular complexity index is 529. The van der Waals surface area contributed by atoms with Crippen molar-refractivity contribution < 1.29 is 69.7 Å². The van der Waals surface area contributed by atoms with Crippen LogP contribution in [0.5, 0.6) is 0 Å². The maximum Gasteiger partial charge on any atom is 0.335 e. The monoisotopic (exact) mass is 430 g/mol. The Morgan fingerprint density at radius 3 is 1.66 bits per heavy atom. The van der Waals surface area contributed by atoms with Gasteiger partial charge in [0.15, 0.2) is 18.7 Å².